The standard InChI is InChI=1S/C25H24N6O4/c1-29-23(32)20(27-31(25(29)34)19-10-6-3-7-11-19)21-26-22(35-28-21)24(33)30-14-12-18(13-15-30)16-17-8-4-2-5-9-17/h2-11,18H,12-16H2,1H3. The molecule has 1 saturated heterocycles. The SMILES string of the molecule is Cn1c(=O)c(-c2noc(C(=O)N3CCC(Cc4ccccc4)CC3)n2)nn(-c2ccccc2)c1=O. The van der Waals surface area contributed by atoms with E-state index in [9.17, 15) is 14.4 Å². The van der Waals surface area contributed by atoms with Crippen molar-refractivity contribution in [3.63, 3.8) is 0 Å². The van der Waals surface area contributed by atoms with Crippen LogP contribution in [0.15, 0.2) is 74.8 Å². The summed E-state index contributed by atoms with van der Waals surface area (Å²) in [6.45, 7) is 1.18. The van der Waals surface area contributed by atoms with E-state index in [0.717, 1.165) is 28.5 Å². The van der Waals surface area contributed by atoms with Gasteiger partial charge in [0.1, 0.15) is 0 Å². The van der Waals surface area contributed by atoms with Gasteiger partial charge in [0.15, 0.2) is 5.69 Å². The number of benzene rings is 2. The third kappa shape index (κ3) is 4.54. The van der Waals surface area contributed by atoms with Crippen LogP contribution >= 0.6 is 0 Å². The molecule has 2 aromatic carbocycles. The molecule has 1 fully saturated rings. The number of carbonyl (C=O) groups excluding carboxylic acids is 1. The van der Waals surface area contributed by atoms with Crippen LogP contribution in [0.5, 0.6) is 0 Å². The summed E-state index contributed by atoms with van der Waals surface area (Å²) >= 11 is 0. The molecule has 0 bridgehead atoms. The van der Waals surface area contributed by atoms with E-state index >= 15 is 0 Å². The molecule has 3 heterocycles. The summed E-state index contributed by atoms with van der Waals surface area (Å²) in [6, 6.07) is 19.0. The number of para-hydroxylation sites is 1. The van der Waals surface area contributed by atoms with E-state index in [1.54, 1.807) is 35.2 Å². The van der Waals surface area contributed by atoms with Crippen LogP contribution in [0.4, 0.5) is 0 Å². The van der Waals surface area contributed by atoms with Gasteiger partial charge in [-0.05, 0) is 42.9 Å². The Kier molecular flexibility index (Phi) is 6.09. The molecule has 10 heteroatoms. The number of aromatic nitrogens is 5. The summed E-state index contributed by atoms with van der Waals surface area (Å²) in [5.74, 6) is -0.221. The van der Waals surface area contributed by atoms with E-state index in [2.05, 4.69) is 27.4 Å². The molecule has 0 atom stereocenters. The maximum Gasteiger partial charge on any atom is 0.351 e. The lowest BCUT2D eigenvalue weighted by molar-refractivity contribution is 0.0640. The van der Waals surface area contributed by atoms with Gasteiger partial charge in [0, 0.05) is 20.1 Å². The number of amides is 1. The first-order valence-corrected chi connectivity index (χ1v) is 11.4. The topological polar surface area (TPSA) is 116 Å². The average molecular weight is 473 g/mol. The molecule has 0 N–H and O–H groups in total. The smallest absolute Gasteiger partial charge is 0.334 e. The van der Waals surface area contributed by atoms with Gasteiger partial charge >= 0.3 is 17.5 Å². The zero-order valence-electron chi connectivity index (χ0n) is 19.2. The first kappa shape index (κ1) is 22.5. The maximum absolute atomic E-state index is 13.0. The molecule has 0 saturated carbocycles. The second kappa shape index (κ2) is 9.49. The monoisotopic (exact) mass is 472 g/mol. The lowest BCUT2D eigenvalue weighted by Gasteiger charge is -2.31. The molecule has 2 aromatic heterocycles. The molecule has 35 heavy (non-hydrogen) atoms. The number of carbonyl (C=O) groups is 1. The van der Waals surface area contributed by atoms with Crippen LogP contribution < -0.4 is 11.2 Å². The highest BCUT2D eigenvalue weighted by molar-refractivity contribution is 5.90. The molecule has 1 amide bonds. The van der Waals surface area contributed by atoms with Gasteiger partial charge in [-0.3, -0.25) is 14.2 Å². The summed E-state index contributed by atoms with van der Waals surface area (Å²) in [5.41, 5.74) is 0.310. The Morgan fingerprint density at radius 1 is 1.00 bits per heavy atom. The summed E-state index contributed by atoms with van der Waals surface area (Å²) in [5, 5.41) is 7.98. The van der Waals surface area contributed by atoms with Crippen LogP contribution in [-0.4, -0.2) is 48.4 Å². The second-order valence-electron chi connectivity index (χ2n) is 8.59. The lowest BCUT2D eigenvalue weighted by Crippen LogP contribution is -2.40. The number of hydrogen-bond donors (Lipinski definition) is 0. The van der Waals surface area contributed by atoms with Crippen molar-refractivity contribution < 1.29 is 9.32 Å². The minimum absolute atomic E-state index is 0.141. The highest BCUT2D eigenvalue weighted by Crippen LogP contribution is 2.23. The van der Waals surface area contributed by atoms with Crippen LogP contribution in [0.3, 0.4) is 0 Å². The Morgan fingerprint density at radius 2 is 1.66 bits per heavy atom. The molecule has 0 spiro atoms. The maximum atomic E-state index is 13.0. The largest absolute Gasteiger partial charge is 0.351 e. The zero-order valence-corrected chi connectivity index (χ0v) is 19.2. The minimum Gasteiger partial charge on any atom is -0.334 e. The van der Waals surface area contributed by atoms with Crippen LogP contribution in [0.25, 0.3) is 17.2 Å². The van der Waals surface area contributed by atoms with E-state index in [1.807, 2.05) is 18.2 Å². The molecular formula is C25H24N6O4. The fourth-order valence-electron chi connectivity index (χ4n) is 4.28. The van der Waals surface area contributed by atoms with Crippen molar-refractivity contribution in [2.75, 3.05) is 13.1 Å². The predicted octanol–water partition coefficient (Wildman–Crippen LogP) is 2.08. The Morgan fingerprint density at radius 3 is 2.34 bits per heavy atom. The predicted molar refractivity (Wildman–Crippen MR) is 127 cm³/mol. The number of hydrogen-bond acceptors (Lipinski definition) is 7. The molecule has 0 radical (unpaired) electrons. The van der Waals surface area contributed by atoms with E-state index in [4.69, 9.17) is 4.52 Å². The van der Waals surface area contributed by atoms with Crippen LogP contribution in [0.1, 0.15) is 29.1 Å². The summed E-state index contributed by atoms with van der Waals surface area (Å²) in [4.78, 5) is 44.1. The highest BCUT2D eigenvalue weighted by atomic mass is 16.5. The first-order chi connectivity index (χ1) is 17.0. The van der Waals surface area contributed by atoms with Crippen molar-refractivity contribution in [1.29, 1.82) is 0 Å². The Bertz CT molecular complexity index is 1450. The third-order valence-corrected chi connectivity index (χ3v) is 6.27. The van der Waals surface area contributed by atoms with Gasteiger partial charge in [0.2, 0.25) is 5.82 Å². The van der Waals surface area contributed by atoms with Crippen molar-refractivity contribution in [3.8, 4) is 17.2 Å². The first-order valence-electron chi connectivity index (χ1n) is 11.4. The molecule has 5 rings (SSSR count). The van der Waals surface area contributed by atoms with Crippen molar-refractivity contribution in [1.82, 2.24) is 29.4 Å². The molecular weight excluding hydrogens is 448 g/mol. The fraction of sp³-hybridized carbons (Fsp3) is 0.280. The van der Waals surface area contributed by atoms with E-state index in [1.165, 1.54) is 12.6 Å². The third-order valence-electron chi connectivity index (χ3n) is 6.27. The van der Waals surface area contributed by atoms with Crippen LogP contribution in [-0.2, 0) is 13.5 Å². The molecule has 1 aliphatic rings. The number of nitrogens with zero attached hydrogens (tertiary/aromatic N) is 6. The summed E-state index contributed by atoms with van der Waals surface area (Å²) < 4.78 is 7.21. The Hall–Kier alpha value is -4.34. The van der Waals surface area contributed by atoms with Gasteiger partial charge in [-0.15, -0.1) is 0 Å². The normalized spacial score (nSPS) is 14.3. The second-order valence-corrected chi connectivity index (χ2v) is 8.59. The number of rotatable bonds is 5. The highest BCUT2D eigenvalue weighted by Gasteiger charge is 2.28. The van der Waals surface area contributed by atoms with Gasteiger partial charge in [0.25, 0.3) is 5.56 Å². The fourth-order valence-corrected chi connectivity index (χ4v) is 4.28. The Balaban J connectivity index is 1.33. The summed E-state index contributed by atoms with van der Waals surface area (Å²) in [6.07, 6.45) is 2.75. The van der Waals surface area contributed by atoms with E-state index in [-0.39, 0.29) is 23.3 Å². The van der Waals surface area contributed by atoms with Gasteiger partial charge in [-0.2, -0.15) is 14.8 Å². The molecule has 4 aromatic rings. The summed E-state index contributed by atoms with van der Waals surface area (Å²) in [7, 11) is 1.35. The Labute approximate surface area is 200 Å². The van der Waals surface area contributed by atoms with E-state index < -0.39 is 11.2 Å². The van der Waals surface area contributed by atoms with Crippen molar-refractivity contribution in [2.24, 2.45) is 13.0 Å². The van der Waals surface area contributed by atoms with Crippen LogP contribution in [0.2, 0.25) is 0 Å². The van der Waals surface area contributed by atoms with Gasteiger partial charge in [0.05, 0.1) is 5.69 Å². The number of piperidine rings is 1. The average Bonchev–Trinajstić information content (AvgIpc) is 3.39. The van der Waals surface area contributed by atoms with Gasteiger partial charge < -0.3 is 9.42 Å². The molecule has 10 nitrogen and oxygen atoms in total. The van der Waals surface area contributed by atoms with E-state index in [0.29, 0.717) is 24.7 Å². The lowest BCUT2D eigenvalue weighted by atomic mass is 9.90. The minimum atomic E-state index is -0.677. The number of likely N-dealkylation sites (tertiary alicyclic amines) is 1. The molecule has 0 aliphatic carbocycles. The zero-order chi connectivity index (χ0) is 24.4. The van der Waals surface area contributed by atoms with Gasteiger partial charge in [-0.1, -0.05) is 53.7 Å². The molecule has 178 valence electrons. The van der Waals surface area contributed by atoms with Crippen molar-refractivity contribution in [3.05, 3.63) is 93.0 Å². The van der Waals surface area contributed by atoms with Gasteiger partial charge in [-0.25, -0.2) is 4.79 Å². The molecule has 1 aliphatic heterocycles. The van der Waals surface area contributed by atoms with Crippen molar-refractivity contribution in [2.45, 2.75) is 19.3 Å². The van der Waals surface area contributed by atoms with Crippen molar-refractivity contribution >= 4 is 5.91 Å². The quantitative estimate of drug-likeness (QED) is 0.437. The molecule has 0 unspecified atom stereocenters. The van der Waals surface area contributed by atoms with Crippen LogP contribution in [0, 0.1) is 5.92 Å².